The van der Waals surface area contributed by atoms with Crippen LogP contribution < -0.4 is 0 Å². The molecule has 1 atom stereocenters. The number of hydrogen-bond acceptors (Lipinski definition) is 3. The molecule has 2 aromatic rings. The second-order valence-corrected chi connectivity index (χ2v) is 11.8. The maximum absolute atomic E-state index is 12.5. The first-order valence-corrected chi connectivity index (χ1v) is 12.0. The molecule has 0 aromatic heterocycles. The fourth-order valence-corrected chi connectivity index (χ4v) is 5.09. The lowest BCUT2D eigenvalue weighted by atomic mass is 9.79. The Morgan fingerprint density at radius 2 is 1.61 bits per heavy atom. The third-order valence-corrected chi connectivity index (χ3v) is 6.37. The number of aryl methyl sites for hydroxylation is 1. The zero-order valence-corrected chi connectivity index (χ0v) is 21.9. The Bertz CT molecular complexity index is 1020. The van der Waals surface area contributed by atoms with Gasteiger partial charge in [0.15, 0.2) is 6.10 Å². The van der Waals surface area contributed by atoms with Crippen molar-refractivity contribution in [2.24, 2.45) is 5.41 Å². The van der Waals surface area contributed by atoms with Gasteiger partial charge in [-0.1, -0.05) is 50.6 Å². The zero-order valence-electron chi connectivity index (χ0n) is 21.9. The Hall–Kier alpha value is -2.17. The van der Waals surface area contributed by atoms with Crippen LogP contribution in [0.15, 0.2) is 24.3 Å². The molecule has 1 unspecified atom stereocenters. The second kappa shape index (κ2) is 9.23. The highest BCUT2D eigenvalue weighted by Crippen LogP contribution is 2.42. The Morgan fingerprint density at radius 1 is 1.00 bits per heavy atom. The molecule has 0 spiro atoms. The van der Waals surface area contributed by atoms with Crippen molar-refractivity contribution in [3.05, 3.63) is 57.6 Å². The topological polar surface area (TPSA) is 49.8 Å². The molecule has 180 valence electrons. The first-order chi connectivity index (χ1) is 15.2. The van der Waals surface area contributed by atoms with Gasteiger partial charge in [0.25, 0.3) is 0 Å². The Balaban J connectivity index is 2.26. The van der Waals surface area contributed by atoms with Gasteiger partial charge in [0.1, 0.15) is 0 Å². The molecule has 0 aliphatic carbocycles. The molecule has 4 heteroatoms. The summed E-state index contributed by atoms with van der Waals surface area (Å²) < 4.78 is 6.18. The highest BCUT2D eigenvalue weighted by molar-refractivity contribution is 5.84. The van der Waals surface area contributed by atoms with Crippen LogP contribution in [0.2, 0.25) is 0 Å². The molecule has 3 rings (SSSR count). The number of ether oxygens (including phenoxy) is 1. The predicted octanol–water partition coefficient (Wildman–Crippen LogP) is 6.62. The molecule has 0 fully saturated rings. The summed E-state index contributed by atoms with van der Waals surface area (Å²) in [5.74, 6) is -0.939. The highest BCUT2D eigenvalue weighted by atomic mass is 16.5. The van der Waals surface area contributed by atoms with Crippen LogP contribution in [0.1, 0.15) is 81.0 Å². The number of hydrogen-bond donors (Lipinski definition) is 1. The van der Waals surface area contributed by atoms with E-state index in [9.17, 15) is 9.90 Å². The van der Waals surface area contributed by atoms with Crippen molar-refractivity contribution >= 4 is 5.97 Å². The zero-order chi connectivity index (χ0) is 24.7. The minimum Gasteiger partial charge on any atom is -0.479 e. The van der Waals surface area contributed by atoms with E-state index in [0.717, 1.165) is 48.3 Å². The first-order valence-electron chi connectivity index (χ1n) is 12.0. The van der Waals surface area contributed by atoms with E-state index in [4.69, 9.17) is 4.74 Å². The molecule has 1 heterocycles. The van der Waals surface area contributed by atoms with E-state index in [1.165, 1.54) is 22.3 Å². The van der Waals surface area contributed by atoms with Crippen molar-refractivity contribution in [3.8, 4) is 11.1 Å². The van der Waals surface area contributed by atoms with Gasteiger partial charge in [0, 0.05) is 25.2 Å². The number of nitrogens with zero attached hydrogens (tertiary/aromatic N) is 1. The Labute approximate surface area is 200 Å². The number of carboxylic acids is 1. The molecular weight excluding hydrogens is 410 g/mol. The number of carbonyl (C=O) groups is 1. The molecule has 4 nitrogen and oxygen atoms in total. The molecule has 33 heavy (non-hydrogen) atoms. The van der Waals surface area contributed by atoms with Crippen molar-refractivity contribution in [3.63, 3.8) is 0 Å². The summed E-state index contributed by atoms with van der Waals surface area (Å²) in [7, 11) is 0. The van der Waals surface area contributed by atoms with Gasteiger partial charge in [-0.05, 0) is 86.8 Å². The van der Waals surface area contributed by atoms with Crippen molar-refractivity contribution in [2.45, 2.75) is 87.0 Å². The Morgan fingerprint density at radius 3 is 2.12 bits per heavy atom. The molecular formula is C29H41NO3. The first kappa shape index (κ1) is 25.5. The van der Waals surface area contributed by atoms with E-state index >= 15 is 0 Å². The predicted molar refractivity (Wildman–Crippen MR) is 136 cm³/mol. The molecule has 2 aromatic carbocycles. The summed E-state index contributed by atoms with van der Waals surface area (Å²) in [5.41, 5.74) is 8.61. The van der Waals surface area contributed by atoms with Crippen molar-refractivity contribution in [2.75, 3.05) is 13.1 Å². The van der Waals surface area contributed by atoms with Crippen LogP contribution in [0.3, 0.4) is 0 Å². The molecule has 0 saturated carbocycles. The summed E-state index contributed by atoms with van der Waals surface area (Å²) in [6.45, 7) is 21.8. The fraction of sp³-hybridized carbons (Fsp3) is 0.552. The standard InChI is InChI=1S/C29H41NO3/c1-18-10-12-21(13-11-18)24-20(3)23-16-30(17-28(4,5)6)15-14-22(23)19(2)25(24)26(27(31)32)33-29(7,8)9/h10-13,26H,14-17H2,1-9H3,(H,31,32). The normalized spacial score (nSPS) is 15.9. The van der Waals surface area contributed by atoms with Crippen molar-refractivity contribution in [1.29, 1.82) is 0 Å². The third-order valence-electron chi connectivity index (χ3n) is 6.37. The van der Waals surface area contributed by atoms with E-state index in [-0.39, 0.29) is 5.41 Å². The molecule has 1 aliphatic rings. The summed E-state index contributed by atoms with van der Waals surface area (Å²) in [6, 6.07) is 8.41. The van der Waals surface area contributed by atoms with Gasteiger partial charge in [-0.25, -0.2) is 4.79 Å². The van der Waals surface area contributed by atoms with Crippen LogP contribution >= 0.6 is 0 Å². The third kappa shape index (κ3) is 5.85. The van der Waals surface area contributed by atoms with E-state index in [0.29, 0.717) is 0 Å². The Kier molecular flexibility index (Phi) is 7.12. The lowest BCUT2D eigenvalue weighted by Gasteiger charge is -2.37. The molecule has 0 bridgehead atoms. The number of carboxylic acid groups (broad SMARTS) is 1. The smallest absolute Gasteiger partial charge is 0.337 e. The fourth-order valence-electron chi connectivity index (χ4n) is 5.09. The van der Waals surface area contributed by atoms with E-state index in [1.807, 2.05) is 20.8 Å². The minimum atomic E-state index is -1.02. The summed E-state index contributed by atoms with van der Waals surface area (Å²) in [5, 5.41) is 10.3. The second-order valence-electron chi connectivity index (χ2n) is 11.8. The lowest BCUT2D eigenvalue weighted by molar-refractivity contribution is -0.160. The van der Waals surface area contributed by atoms with Gasteiger partial charge < -0.3 is 9.84 Å². The van der Waals surface area contributed by atoms with E-state index in [1.54, 1.807) is 0 Å². The molecule has 1 aliphatic heterocycles. The van der Waals surface area contributed by atoms with Gasteiger partial charge in [-0.15, -0.1) is 0 Å². The quantitative estimate of drug-likeness (QED) is 0.555. The monoisotopic (exact) mass is 451 g/mol. The van der Waals surface area contributed by atoms with E-state index < -0.39 is 17.7 Å². The molecule has 0 saturated heterocycles. The van der Waals surface area contributed by atoms with Crippen LogP contribution in [0, 0.1) is 26.2 Å². The number of fused-ring (bicyclic) bond motifs is 1. The van der Waals surface area contributed by atoms with Crippen LogP contribution in [-0.4, -0.2) is 34.7 Å². The average molecular weight is 452 g/mol. The summed E-state index contributed by atoms with van der Waals surface area (Å²) in [6.07, 6.45) is -0.0842. The minimum absolute atomic E-state index is 0.231. The average Bonchev–Trinajstić information content (AvgIpc) is 2.68. The van der Waals surface area contributed by atoms with E-state index in [2.05, 4.69) is 70.7 Å². The number of aliphatic carboxylic acids is 1. The highest BCUT2D eigenvalue weighted by Gasteiger charge is 2.35. The largest absolute Gasteiger partial charge is 0.479 e. The van der Waals surface area contributed by atoms with Gasteiger partial charge in [0.05, 0.1) is 5.60 Å². The summed E-state index contributed by atoms with van der Waals surface area (Å²) in [4.78, 5) is 15.1. The van der Waals surface area contributed by atoms with Gasteiger partial charge in [-0.3, -0.25) is 4.90 Å². The maximum atomic E-state index is 12.5. The van der Waals surface area contributed by atoms with Crippen molar-refractivity contribution < 1.29 is 14.6 Å². The van der Waals surface area contributed by atoms with Gasteiger partial charge >= 0.3 is 5.97 Å². The van der Waals surface area contributed by atoms with Gasteiger partial charge in [-0.2, -0.15) is 0 Å². The van der Waals surface area contributed by atoms with Crippen LogP contribution in [0.4, 0.5) is 0 Å². The number of benzene rings is 2. The molecule has 0 amide bonds. The maximum Gasteiger partial charge on any atom is 0.337 e. The number of rotatable bonds is 5. The molecule has 1 N–H and O–H groups in total. The van der Waals surface area contributed by atoms with Crippen molar-refractivity contribution in [1.82, 2.24) is 4.90 Å². The van der Waals surface area contributed by atoms with Gasteiger partial charge in [0.2, 0.25) is 0 Å². The van der Waals surface area contributed by atoms with Crippen LogP contribution in [0.5, 0.6) is 0 Å². The van der Waals surface area contributed by atoms with Crippen LogP contribution in [0.25, 0.3) is 11.1 Å². The molecule has 0 radical (unpaired) electrons. The lowest BCUT2D eigenvalue weighted by Crippen LogP contribution is -2.38. The summed E-state index contributed by atoms with van der Waals surface area (Å²) >= 11 is 0. The SMILES string of the molecule is Cc1ccc(-c2c(C)c3c(c(C)c2C(OC(C)(C)C)C(=O)O)CCN(CC(C)(C)C)C3)cc1. The van der Waals surface area contributed by atoms with Crippen LogP contribution in [-0.2, 0) is 22.5 Å².